The van der Waals surface area contributed by atoms with Crippen molar-refractivity contribution in [3.8, 4) is 5.75 Å². The zero-order chi connectivity index (χ0) is 15.2. The van der Waals surface area contributed by atoms with Crippen LogP contribution in [0.25, 0.3) is 0 Å². The van der Waals surface area contributed by atoms with Gasteiger partial charge >= 0.3 is 0 Å². The van der Waals surface area contributed by atoms with Gasteiger partial charge in [-0.25, -0.2) is 4.98 Å². The van der Waals surface area contributed by atoms with Gasteiger partial charge in [-0.05, 0) is 43.5 Å². The molecule has 3 rings (SSSR count). The predicted molar refractivity (Wildman–Crippen MR) is 87.8 cm³/mol. The maximum atomic E-state index is 5.75. The Hall–Kier alpha value is -1.81. The van der Waals surface area contributed by atoms with E-state index in [0.29, 0.717) is 6.04 Å². The van der Waals surface area contributed by atoms with Gasteiger partial charge < -0.3 is 9.72 Å². The molecular weight excluding hydrogens is 274 g/mol. The molecule has 0 saturated carbocycles. The van der Waals surface area contributed by atoms with Crippen LogP contribution in [0, 0.1) is 0 Å². The van der Waals surface area contributed by atoms with Gasteiger partial charge in [-0.1, -0.05) is 25.5 Å². The lowest BCUT2D eigenvalue weighted by Crippen LogP contribution is -2.33. The minimum atomic E-state index is 0.406. The molecule has 1 fully saturated rings. The highest BCUT2D eigenvalue weighted by Crippen LogP contribution is 2.30. The summed E-state index contributed by atoms with van der Waals surface area (Å²) >= 11 is 0. The van der Waals surface area contributed by atoms with E-state index in [2.05, 4.69) is 40.0 Å². The fraction of sp³-hybridized carbons (Fsp3) is 0.500. The highest BCUT2D eigenvalue weighted by Gasteiger charge is 2.25. The molecule has 1 N–H and O–H groups in total. The highest BCUT2D eigenvalue weighted by molar-refractivity contribution is 5.28. The second-order valence-corrected chi connectivity index (χ2v) is 5.95. The quantitative estimate of drug-likeness (QED) is 0.878. The largest absolute Gasteiger partial charge is 0.494 e. The Morgan fingerprint density at radius 2 is 2.32 bits per heavy atom. The number of nitrogens with one attached hydrogen (secondary N) is 1. The molecule has 0 spiro atoms. The molecule has 2 heterocycles. The zero-order valence-corrected chi connectivity index (χ0v) is 13.3. The van der Waals surface area contributed by atoms with E-state index < -0.39 is 0 Å². The van der Waals surface area contributed by atoms with Crippen LogP contribution in [0.15, 0.2) is 36.7 Å². The van der Waals surface area contributed by atoms with Gasteiger partial charge in [0.1, 0.15) is 11.6 Å². The smallest absolute Gasteiger partial charge is 0.123 e. The molecule has 2 aromatic rings. The van der Waals surface area contributed by atoms with Crippen LogP contribution in [0.4, 0.5) is 0 Å². The molecule has 22 heavy (non-hydrogen) atoms. The van der Waals surface area contributed by atoms with Crippen LogP contribution in [0.3, 0.4) is 0 Å². The van der Waals surface area contributed by atoms with E-state index in [-0.39, 0.29) is 0 Å². The molecule has 0 radical (unpaired) electrons. The van der Waals surface area contributed by atoms with Gasteiger partial charge in [-0.15, -0.1) is 0 Å². The minimum Gasteiger partial charge on any atom is -0.494 e. The molecule has 1 aromatic carbocycles. The number of hydrogen-bond acceptors (Lipinski definition) is 3. The summed E-state index contributed by atoms with van der Waals surface area (Å²) in [6.07, 6.45) is 8.53. The second-order valence-electron chi connectivity index (χ2n) is 5.95. The molecule has 1 saturated heterocycles. The molecular formula is C18H25N3O. The Labute approximate surface area is 132 Å². The van der Waals surface area contributed by atoms with Crippen LogP contribution in [0.1, 0.15) is 50.0 Å². The molecule has 0 bridgehead atoms. The van der Waals surface area contributed by atoms with Gasteiger partial charge in [0.15, 0.2) is 0 Å². The second kappa shape index (κ2) is 7.45. The van der Waals surface area contributed by atoms with E-state index in [1.165, 1.54) is 24.8 Å². The lowest BCUT2D eigenvalue weighted by Gasteiger charge is -2.34. The summed E-state index contributed by atoms with van der Waals surface area (Å²) < 4.78 is 5.75. The van der Waals surface area contributed by atoms with Crippen molar-refractivity contribution >= 4 is 0 Å². The number of benzene rings is 1. The Balaban J connectivity index is 1.70. The fourth-order valence-corrected chi connectivity index (χ4v) is 3.14. The third-order valence-corrected chi connectivity index (χ3v) is 4.21. The molecule has 1 aliphatic heterocycles. The summed E-state index contributed by atoms with van der Waals surface area (Å²) in [7, 11) is 0. The maximum absolute atomic E-state index is 5.75. The molecule has 1 atom stereocenters. The summed E-state index contributed by atoms with van der Waals surface area (Å²) in [6, 6.07) is 8.89. The first-order valence-corrected chi connectivity index (χ1v) is 8.32. The van der Waals surface area contributed by atoms with E-state index in [9.17, 15) is 0 Å². The highest BCUT2D eigenvalue weighted by atomic mass is 16.5. The van der Waals surface area contributed by atoms with Crippen molar-refractivity contribution in [2.24, 2.45) is 0 Å². The lowest BCUT2D eigenvalue weighted by molar-refractivity contribution is 0.134. The van der Waals surface area contributed by atoms with Gasteiger partial charge in [0, 0.05) is 18.9 Å². The topological polar surface area (TPSA) is 41.1 Å². The zero-order valence-electron chi connectivity index (χ0n) is 13.3. The first-order chi connectivity index (χ1) is 10.9. The first kappa shape index (κ1) is 15.1. The van der Waals surface area contributed by atoms with Crippen molar-refractivity contribution in [1.29, 1.82) is 0 Å². The van der Waals surface area contributed by atoms with Crippen LogP contribution in [0.5, 0.6) is 5.75 Å². The third kappa shape index (κ3) is 3.69. The van der Waals surface area contributed by atoms with Crippen molar-refractivity contribution in [1.82, 2.24) is 14.9 Å². The van der Waals surface area contributed by atoms with Gasteiger partial charge in [0.2, 0.25) is 0 Å². The third-order valence-electron chi connectivity index (χ3n) is 4.21. The fourth-order valence-electron chi connectivity index (χ4n) is 3.14. The summed E-state index contributed by atoms with van der Waals surface area (Å²) in [5.41, 5.74) is 1.31. The summed E-state index contributed by atoms with van der Waals surface area (Å²) in [5.74, 6) is 2.07. The van der Waals surface area contributed by atoms with E-state index in [1.807, 2.05) is 18.5 Å². The molecule has 1 unspecified atom stereocenters. The van der Waals surface area contributed by atoms with Crippen molar-refractivity contribution in [2.45, 2.75) is 45.2 Å². The van der Waals surface area contributed by atoms with Crippen LogP contribution in [-0.2, 0) is 6.54 Å². The number of nitrogens with zero attached hydrogens (tertiary/aromatic N) is 2. The van der Waals surface area contributed by atoms with Gasteiger partial charge in [-0.3, -0.25) is 4.90 Å². The standard InChI is InChI=1S/C18H25N3O/c1-2-12-22-16-7-5-6-15(13-16)14-21-11-4-3-8-17(21)18-19-9-10-20-18/h5-7,9-10,13,17H,2-4,8,11-12,14H2,1H3,(H,19,20). The monoisotopic (exact) mass is 299 g/mol. The summed E-state index contributed by atoms with van der Waals surface area (Å²) in [6.45, 7) is 4.99. The Morgan fingerprint density at radius 3 is 3.14 bits per heavy atom. The van der Waals surface area contributed by atoms with Crippen LogP contribution >= 0.6 is 0 Å². The van der Waals surface area contributed by atoms with Crippen molar-refractivity contribution in [3.05, 3.63) is 48.0 Å². The molecule has 118 valence electrons. The van der Waals surface area contributed by atoms with Gasteiger partial charge in [-0.2, -0.15) is 0 Å². The molecule has 0 amide bonds. The van der Waals surface area contributed by atoms with Crippen LogP contribution < -0.4 is 4.74 Å². The number of ether oxygens (including phenoxy) is 1. The van der Waals surface area contributed by atoms with Crippen molar-refractivity contribution in [3.63, 3.8) is 0 Å². The number of aromatic nitrogens is 2. The van der Waals surface area contributed by atoms with Gasteiger partial charge in [0.25, 0.3) is 0 Å². The Kier molecular flexibility index (Phi) is 5.11. The van der Waals surface area contributed by atoms with Crippen LogP contribution in [0.2, 0.25) is 0 Å². The van der Waals surface area contributed by atoms with Crippen molar-refractivity contribution in [2.75, 3.05) is 13.2 Å². The van der Waals surface area contributed by atoms with E-state index in [1.54, 1.807) is 0 Å². The predicted octanol–water partition coefficient (Wildman–Crippen LogP) is 3.93. The summed E-state index contributed by atoms with van der Waals surface area (Å²) in [4.78, 5) is 10.3. The lowest BCUT2D eigenvalue weighted by atomic mass is 10.0. The van der Waals surface area contributed by atoms with Gasteiger partial charge in [0.05, 0.1) is 12.6 Å². The average molecular weight is 299 g/mol. The normalized spacial score (nSPS) is 19.2. The number of aromatic amines is 1. The number of rotatable bonds is 6. The number of hydrogen-bond donors (Lipinski definition) is 1. The Morgan fingerprint density at radius 1 is 1.36 bits per heavy atom. The molecule has 1 aliphatic rings. The summed E-state index contributed by atoms with van der Waals surface area (Å²) in [5, 5.41) is 0. The number of imidazole rings is 1. The molecule has 0 aliphatic carbocycles. The molecule has 4 heteroatoms. The Bertz CT molecular complexity index is 567. The number of H-pyrrole nitrogens is 1. The minimum absolute atomic E-state index is 0.406. The number of likely N-dealkylation sites (tertiary alicyclic amines) is 1. The van der Waals surface area contributed by atoms with Crippen LogP contribution in [-0.4, -0.2) is 28.0 Å². The molecule has 4 nitrogen and oxygen atoms in total. The SMILES string of the molecule is CCCOc1cccc(CN2CCCCC2c2ncc[nH]2)c1. The first-order valence-electron chi connectivity index (χ1n) is 8.32. The maximum Gasteiger partial charge on any atom is 0.123 e. The average Bonchev–Trinajstić information content (AvgIpc) is 3.08. The molecule has 1 aromatic heterocycles. The van der Waals surface area contributed by atoms with E-state index >= 15 is 0 Å². The number of piperidine rings is 1. The van der Waals surface area contributed by atoms with E-state index in [4.69, 9.17) is 4.74 Å². The van der Waals surface area contributed by atoms with E-state index in [0.717, 1.165) is 37.7 Å². The van der Waals surface area contributed by atoms with Crippen molar-refractivity contribution < 1.29 is 4.74 Å².